The van der Waals surface area contributed by atoms with Gasteiger partial charge in [0, 0.05) is 37.6 Å². The molecule has 2 aromatic rings. The van der Waals surface area contributed by atoms with Crippen LogP contribution >= 0.6 is 0 Å². The largest absolute Gasteiger partial charge is 0.449 e. The van der Waals surface area contributed by atoms with Gasteiger partial charge in [0.2, 0.25) is 5.91 Å². The molecule has 8 heteroatoms. The van der Waals surface area contributed by atoms with Gasteiger partial charge in [-0.25, -0.2) is 4.79 Å². The van der Waals surface area contributed by atoms with Crippen LogP contribution in [0.5, 0.6) is 0 Å². The number of carbonyl (C=O) groups excluding carboxylic acids is 3. The van der Waals surface area contributed by atoms with Crippen molar-refractivity contribution in [3.63, 3.8) is 0 Å². The van der Waals surface area contributed by atoms with E-state index < -0.39 is 18.0 Å². The molecule has 31 heavy (non-hydrogen) atoms. The van der Waals surface area contributed by atoms with Gasteiger partial charge in [0.05, 0.1) is 11.6 Å². The summed E-state index contributed by atoms with van der Waals surface area (Å²) in [7, 11) is 0. The molecule has 0 spiro atoms. The van der Waals surface area contributed by atoms with Crippen LogP contribution in [0.1, 0.15) is 23.7 Å². The van der Waals surface area contributed by atoms with E-state index in [4.69, 9.17) is 10.00 Å². The predicted octanol–water partition coefficient (Wildman–Crippen LogP) is 2.43. The van der Waals surface area contributed by atoms with E-state index in [1.807, 2.05) is 30.3 Å². The fourth-order valence-electron chi connectivity index (χ4n) is 3.33. The molecule has 0 saturated carbocycles. The SMILES string of the molecule is CC(OC(=O)c1ccc(NC(=O)CC#N)cc1)C(=O)N1CCN(c2ccccc2)CC1. The number of rotatable bonds is 6. The van der Waals surface area contributed by atoms with Crippen LogP contribution in [-0.2, 0) is 14.3 Å². The van der Waals surface area contributed by atoms with Crippen LogP contribution < -0.4 is 10.2 Å². The van der Waals surface area contributed by atoms with Crippen molar-refractivity contribution in [3.05, 3.63) is 60.2 Å². The van der Waals surface area contributed by atoms with Crippen molar-refractivity contribution in [3.8, 4) is 6.07 Å². The summed E-state index contributed by atoms with van der Waals surface area (Å²) in [6.45, 7) is 4.13. The van der Waals surface area contributed by atoms with E-state index in [1.54, 1.807) is 30.0 Å². The molecule has 0 radical (unpaired) electrons. The summed E-state index contributed by atoms with van der Waals surface area (Å²) in [5.41, 5.74) is 1.87. The standard InChI is InChI=1S/C23H24N4O4/c1-17(22(29)27-15-13-26(14-16-27)20-5-3-2-4-6-20)31-23(30)18-7-9-19(10-8-18)25-21(28)11-12-24/h2-10,17H,11,13-16H2,1H3,(H,25,28). The summed E-state index contributed by atoms with van der Waals surface area (Å²) in [5, 5.41) is 11.1. The lowest BCUT2D eigenvalue weighted by Crippen LogP contribution is -2.51. The molecule has 0 aliphatic carbocycles. The molecular formula is C23H24N4O4. The number of carbonyl (C=O) groups is 3. The number of nitrogens with zero attached hydrogens (tertiary/aromatic N) is 3. The van der Waals surface area contributed by atoms with Gasteiger partial charge in [-0.1, -0.05) is 18.2 Å². The fourth-order valence-corrected chi connectivity index (χ4v) is 3.33. The van der Waals surface area contributed by atoms with Crippen molar-refractivity contribution in [2.75, 3.05) is 36.4 Å². The zero-order valence-corrected chi connectivity index (χ0v) is 17.3. The minimum Gasteiger partial charge on any atom is -0.449 e. The Bertz CT molecular complexity index is 961. The molecule has 1 fully saturated rings. The van der Waals surface area contributed by atoms with Gasteiger partial charge in [0.1, 0.15) is 6.42 Å². The first-order valence-electron chi connectivity index (χ1n) is 10.0. The summed E-state index contributed by atoms with van der Waals surface area (Å²) >= 11 is 0. The number of esters is 1. The van der Waals surface area contributed by atoms with Crippen LogP contribution in [0.15, 0.2) is 54.6 Å². The highest BCUT2D eigenvalue weighted by Crippen LogP contribution is 2.17. The lowest BCUT2D eigenvalue weighted by atomic mass is 10.2. The third kappa shape index (κ3) is 5.82. The van der Waals surface area contributed by atoms with Crippen molar-refractivity contribution >= 4 is 29.2 Å². The minimum absolute atomic E-state index is 0.221. The summed E-state index contributed by atoms with van der Waals surface area (Å²) in [5.74, 6) is -1.26. The summed E-state index contributed by atoms with van der Waals surface area (Å²) in [6.07, 6.45) is -1.14. The van der Waals surface area contributed by atoms with E-state index in [-0.39, 0.29) is 17.9 Å². The molecule has 1 saturated heterocycles. The number of ether oxygens (including phenoxy) is 1. The Labute approximate surface area is 181 Å². The predicted molar refractivity (Wildman–Crippen MR) is 115 cm³/mol. The number of hydrogen-bond acceptors (Lipinski definition) is 6. The van der Waals surface area contributed by atoms with Gasteiger partial charge in [-0.3, -0.25) is 9.59 Å². The van der Waals surface area contributed by atoms with E-state index in [0.29, 0.717) is 18.8 Å². The number of nitrogens with one attached hydrogen (secondary N) is 1. The number of benzene rings is 2. The van der Waals surface area contributed by atoms with Crippen molar-refractivity contribution in [2.45, 2.75) is 19.4 Å². The second-order valence-corrected chi connectivity index (χ2v) is 7.16. The molecular weight excluding hydrogens is 396 g/mol. The smallest absolute Gasteiger partial charge is 0.338 e. The van der Waals surface area contributed by atoms with Crippen LogP contribution in [0.3, 0.4) is 0 Å². The third-order valence-electron chi connectivity index (χ3n) is 4.99. The summed E-state index contributed by atoms with van der Waals surface area (Å²) in [6, 6.07) is 17.9. The van der Waals surface area contributed by atoms with Crippen LogP contribution in [0, 0.1) is 11.3 Å². The number of anilines is 2. The molecule has 1 N–H and O–H groups in total. The Balaban J connectivity index is 1.50. The average Bonchev–Trinajstić information content (AvgIpc) is 2.80. The molecule has 1 unspecified atom stereocenters. The fraction of sp³-hybridized carbons (Fsp3) is 0.304. The van der Waals surface area contributed by atoms with Crippen molar-refractivity contribution in [1.29, 1.82) is 5.26 Å². The van der Waals surface area contributed by atoms with Gasteiger partial charge < -0.3 is 19.9 Å². The highest BCUT2D eigenvalue weighted by atomic mass is 16.5. The molecule has 1 atom stereocenters. The monoisotopic (exact) mass is 420 g/mol. The summed E-state index contributed by atoms with van der Waals surface area (Å²) < 4.78 is 5.35. The lowest BCUT2D eigenvalue weighted by molar-refractivity contribution is -0.140. The molecule has 2 amide bonds. The summed E-state index contributed by atoms with van der Waals surface area (Å²) in [4.78, 5) is 40.5. The molecule has 8 nitrogen and oxygen atoms in total. The minimum atomic E-state index is -0.897. The second kappa shape index (κ2) is 10.3. The van der Waals surface area contributed by atoms with Crippen molar-refractivity contribution < 1.29 is 19.1 Å². The van der Waals surface area contributed by atoms with Gasteiger partial charge in [-0.05, 0) is 43.3 Å². The van der Waals surface area contributed by atoms with E-state index in [9.17, 15) is 14.4 Å². The first-order valence-corrected chi connectivity index (χ1v) is 10.0. The van der Waals surface area contributed by atoms with E-state index in [2.05, 4.69) is 10.2 Å². The zero-order chi connectivity index (χ0) is 22.2. The van der Waals surface area contributed by atoms with Crippen LogP contribution in [0.4, 0.5) is 11.4 Å². The lowest BCUT2D eigenvalue weighted by Gasteiger charge is -2.37. The number of amides is 2. The molecule has 1 aliphatic heterocycles. The van der Waals surface area contributed by atoms with Gasteiger partial charge in [-0.2, -0.15) is 5.26 Å². The number of piperazine rings is 1. The number of para-hydroxylation sites is 1. The topological polar surface area (TPSA) is 103 Å². The number of nitriles is 1. The molecule has 1 heterocycles. The quantitative estimate of drug-likeness (QED) is 0.720. The van der Waals surface area contributed by atoms with Gasteiger partial charge in [0.25, 0.3) is 5.91 Å². The molecule has 0 aromatic heterocycles. The van der Waals surface area contributed by atoms with Crippen LogP contribution in [0.25, 0.3) is 0 Å². The van der Waals surface area contributed by atoms with Gasteiger partial charge >= 0.3 is 5.97 Å². The van der Waals surface area contributed by atoms with Crippen molar-refractivity contribution in [2.24, 2.45) is 0 Å². The van der Waals surface area contributed by atoms with Crippen LogP contribution in [0.2, 0.25) is 0 Å². The second-order valence-electron chi connectivity index (χ2n) is 7.16. The molecule has 2 aromatic carbocycles. The zero-order valence-electron chi connectivity index (χ0n) is 17.3. The average molecular weight is 420 g/mol. The Hall–Kier alpha value is -3.86. The highest BCUT2D eigenvalue weighted by Gasteiger charge is 2.27. The molecule has 160 valence electrons. The normalized spacial score (nSPS) is 14.3. The molecule has 1 aliphatic rings. The van der Waals surface area contributed by atoms with E-state index in [1.165, 1.54) is 12.1 Å². The first kappa shape index (κ1) is 21.8. The first-order chi connectivity index (χ1) is 15.0. The van der Waals surface area contributed by atoms with Crippen molar-refractivity contribution in [1.82, 2.24) is 4.90 Å². The Kier molecular flexibility index (Phi) is 7.22. The maximum atomic E-state index is 12.7. The highest BCUT2D eigenvalue weighted by molar-refractivity contribution is 5.94. The maximum absolute atomic E-state index is 12.7. The third-order valence-corrected chi connectivity index (χ3v) is 4.99. The van der Waals surface area contributed by atoms with E-state index >= 15 is 0 Å². The van der Waals surface area contributed by atoms with Crippen LogP contribution in [-0.4, -0.2) is 55.0 Å². The Morgan fingerprint density at radius 3 is 2.29 bits per heavy atom. The molecule has 0 bridgehead atoms. The Morgan fingerprint density at radius 1 is 1.03 bits per heavy atom. The van der Waals surface area contributed by atoms with Gasteiger partial charge in [-0.15, -0.1) is 0 Å². The molecule has 3 rings (SSSR count). The van der Waals surface area contributed by atoms with E-state index in [0.717, 1.165) is 18.8 Å². The Morgan fingerprint density at radius 2 is 1.68 bits per heavy atom. The van der Waals surface area contributed by atoms with Gasteiger partial charge in [0.15, 0.2) is 6.10 Å². The maximum Gasteiger partial charge on any atom is 0.338 e. The number of hydrogen-bond donors (Lipinski definition) is 1.